The van der Waals surface area contributed by atoms with Crippen molar-refractivity contribution in [1.29, 1.82) is 0 Å². The molecule has 0 unspecified atom stereocenters. The summed E-state index contributed by atoms with van der Waals surface area (Å²) in [6, 6.07) is 7.66. The number of carbonyl (C=O) groups is 2. The van der Waals surface area contributed by atoms with Crippen LogP contribution >= 0.6 is 0 Å². The molecule has 0 amide bonds. The molecule has 4 heteroatoms. The second-order valence-corrected chi connectivity index (χ2v) is 4.41. The molecule has 1 N–H and O–H groups in total. The van der Waals surface area contributed by atoms with E-state index in [1.807, 2.05) is 38.1 Å². The van der Waals surface area contributed by atoms with E-state index in [0.29, 0.717) is 12.8 Å². The van der Waals surface area contributed by atoms with Crippen LogP contribution in [0.2, 0.25) is 0 Å². The molecule has 0 aromatic heterocycles. The highest BCUT2D eigenvalue weighted by molar-refractivity contribution is 6.17. The van der Waals surface area contributed by atoms with Crippen LogP contribution in [0.4, 0.5) is 5.69 Å². The van der Waals surface area contributed by atoms with E-state index in [9.17, 15) is 9.59 Å². The van der Waals surface area contributed by atoms with Crippen molar-refractivity contribution in [3.63, 3.8) is 0 Å². The summed E-state index contributed by atoms with van der Waals surface area (Å²) >= 11 is 0. The first kappa shape index (κ1) is 16.0. The second kappa shape index (κ2) is 8.15. The summed E-state index contributed by atoms with van der Waals surface area (Å²) in [6.07, 6.45) is 2.47. The Kier molecular flexibility index (Phi) is 6.50. The van der Waals surface area contributed by atoms with Crippen molar-refractivity contribution in [3.8, 4) is 0 Å². The number of aryl methyl sites for hydroxylation is 1. The van der Waals surface area contributed by atoms with Crippen molar-refractivity contribution in [2.75, 3.05) is 11.9 Å². The normalized spacial score (nSPS) is 11.1. The van der Waals surface area contributed by atoms with Crippen molar-refractivity contribution in [1.82, 2.24) is 0 Å². The lowest BCUT2D eigenvalue weighted by Crippen LogP contribution is -2.17. The molecule has 0 saturated carbocycles. The summed E-state index contributed by atoms with van der Waals surface area (Å²) in [5.74, 6) is -0.779. The molecule has 0 spiro atoms. The zero-order valence-electron chi connectivity index (χ0n) is 12.2. The van der Waals surface area contributed by atoms with E-state index in [0.717, 1.165) is 11.3 Å². The minimum absolute atomic E-state index is 0.0666. The molecule has 0 fully saturated rings. The van der Waals surface area contributed by atoms with Gasteiger partial charge >= 0.3 is 5.97 Å². The molecule has 108 valence electrons. The molecule has 20 heavy (non-hydrogen) atoms. The number of hydrogen-bond donors (Lipinski definition) is 1. The largest absolute Gasteiger partial charge is 0.462 e. The van der Waals surface area contributed by atoms with Crippen LogP contribution in [0.1, 0.15) is 32.3 Å². The molecule has 0 saturated heterocycles. The Morgan fingerprint density at radius 3 is 2.55 bits per heavy atom. The number of nitrogens with one attached hydrogen (secondary N) is 1. The molecule has 0 atom stereocenters. The Hall–Kier alpha value is -2.10. The number of rotatable bonds is 7. The third-order valence-electron chi connectivity index (χ3n) is 2.79. The first-order chi connectivity index (χ1) is 9.60. The van der Waals surface area contributed by atoms with Crippen LogP contribution in [0.15, 0.2) is 36.0 Å². The van der Waals surface area contributed by atoms with Crippen LogP contribution in [0, 0.1) is 6.92 Å². The zero-order chi connectivity index (χ0) is 15.0. The maximum atomic E-state index is 12.0. The summed E-state index contributed by atoms with van der Waals surface area (Å²) in [4.78, 5) is 23.8. The Bertz CT molecular complexity index is 486. The van der Waals surface area contributed by atoms with Crippen molar-refractivity contribution in [2.45, 2.75) is 33.6 Å². The Morgan fingerprint density at radius 2 is 1.95 bits per heavy atom. The zero-order valence-corrected chi connectivity index (χ0v) is 12.2. The molecule has 0 radical (unpaired) electrons. The number of hydrogen-bond acceptors (Lipinski definition) is 4. The van der Waals surface area contributed by atoms with E-state index in [2.05, 4.69) is 5.32 Å². The molecule has 4 nitrogen and oxygen atoms in total. The predicted molar refractivity (Wildman–Crippen MR) is 79.4 cm³/mol. The van der Waals surface area contributed by atoms with E-state index >= 15 is 0 Å². The summed E-state index contributed by atoms with van der Waals surface area (Å²) in [7, 11) is 0. The van der Waals surface area contributed by atoms with Crippen molar-refractivity contribution >= 4 is 17.4 Å². The SMILES string of the molecule is CCCC(=O)C(=CNc1ccccc1C)C(=O)OCC. The smallest absolute Gasteiger partial charge is 0.343 e. The standard InChI is InChI=1S/C16H21NO3/c1-4-8-15(18)13(16(19)20-5-2)11-17-14-10-7-6-9-12(14)3/h6-7,9-11,17H,4-5,8H2,1-3H3. The molecule has 0 bridgehead atoms. The Morgan fingerprint density at radius 1 is 1.25 bits per heavy atom. The van der Waals surface area contributed by atoms with Crippen LogP contribution < -0.4 is 5.32 Å². The van der Waals surface area contributed by atoms with Gasteiger partial charge in [0, 0.05) is 18.3 Å². The lowest BCUT2D eigenvalue weighted by Gasteiger charge is -2.08. The number of carbonyl (C=O) groups excluding carboxylic acids is 2. The number of Topliss-reactive ketones (excluding diaryl/α,β-unsaturated/α-hetero) is 1. The molecule has 0 aliphatic rings. The van der Waals surface area contributed by atoms with Crippen molar-refractivity contribution in [2.24, 2.45) is 0 Å². The number of benzene rings is 1. The van der Waals surface area contributed by atoms with Crippen LogP contribution in [0.3, 0.4) is 0 Å². The third kappa shape index (κ3) is 4.53. The lowest BCUT2D eigenvalue weighted by atomic mass is 10.1. The number of ketones is 1. The number of anilines is 1. The Balaban J connectivity index is 2.92. The fourth-order valence-electron chi connectivity index (χ4n) is 1.71. The quantitative estimate of drug-likeness (QED) is 0.359. The fourth-order valence-corrected chi connectivity index (χ4v) is 1.71. The topological polar surface area (TPSA) is 55.4 Å². The summed E-state index contributed by atoms with van der Waals surface area (Å²) in [5, 5.41) is 3.01. The molecule has 1 rings (SSSR count). The minimum Gasteiger partial charge on any atom is -0.462 e. The maximum Gasteiger partial charge on any atom is 0.343 e. The van der Waals surface area contributed by atoms with Crippen molar-refractivity contribution < 1.29 is 14.3 Å². The van der Waals surface area contributed by atoms with Gasteiger partial charge in [-0.1, -0.05) is 25.1 Å². The van der Waals surface area contributed by atoms with Crippen molar-refractivity contribution in [3.05, 3.63) is 41.6 Å². The summed E-state index contributed by atoms with van der Waals surface area (Å²) in [6.45, 7) is 5.82. The van der Waals surface area contributed by atoms with Gasteiger partial charge in [-0.2, -0.15) is 0 Å². The van der Waals surface area contributed by atoms with Gasteiger partial charge in [0.15, 0.2) is 5.78 Å². The van der Waals surface area contributed by atoms with E-state index in [4.69, 9.17) is 4.74 Å². The maximum absolute atomic E-state index is 12.0. The van der Waals surface area contributed by atoms with Gasteiger partial charge in [-0.15, -0.1) is 0 Å². The molecule has 1 aromatic carbocycles. The lowest BCUT2D eigenvalue weighted by molar-refractivity contribution is -0.140. The van der Waals surface area contributed by atoms with Gasteiger partial charge in [-0.3, -0.25) is 4.79 Å². The van der Waals surface area contributed by atoms with Crippen LogP contribution in [0.5, 0.6) is 0 Å². The average Bonchev–Trinajstić information content (AvgIpc) is 2.41. The van der Waals surface area contributed by atoms with Gasteiger partial charge < -0.3 is 10.1 Å². The molecule has 1 aromatic rings. The van der Waals surface area contributed by atoms with E-state index in [-0.39, 0.29) is 18.0 Å². The molecule has 0 aliphatic heterocycles. The molecular weight excluding hydrogens is 254 g/mol. The number of esters is 1. The molecule has 0 aliphatic carbocycles. The second-order valence-electron chi connectivity index (χ2n) is 4.41. The monoisotopic (exact) mass is 275 g/mol. The van der Waals surface area contributed by atoms with Crippen LogP contribution in [0.25, 0.3) is 0 Å². The van der Waals surface area contributed by atoms with Crippen LogP contribution in [-0.4, -0.2) is 18.4 Å². The van der Waals surface area contributed by atoms with E-state index in [1.165, 1.54) is 6.20 Å². The Labute approximate surface area is 119 Å². The van der Waals surface area contributed by atoms with E-state index < -0.39 is 5.97 Å². The van der Waals surface area contributed by atoms with Crippen LogP contribution in [-0.2, 0) is 14.3 Å². The van der Waals surface area contributed by atoms with Gasteiger partial charge in [0.25, 0.3) is 0 Å². The highest BCUT2D eigenvalue weighted by Crippen LogP contribution is 2.14. The number of ether oxygens (including phenoxy) is 1. The third-order valence-corrected chi connectivity index (χ3v) is 2.79. The van der Waals surface area contributed by atoms with Gasteiger partial charge in [0.05, 0.1) is 6.61 Å². The number of para-hydroxylation sites is 1. The highest BCUT2D eigenvalue weighted by Gasteiger charge is 2.18. The predicted octanol–water partition coefficient (Wildman–Crippen LogP) is 3.22. The first-order valence-corrected chi connectivity index (χ1v) is 6.82. The van der Waals surface area contributed by atoms with Gasteiger partial charge in [0.1, 0.15) is 5.57 Å². The molecule has 0 heterocycles. The summed E-state index contributed by atoms with van der Waals surface area (Å²) < 4.78 is 4.92. The minimum atomic E-state index is -0.577. The molecular formula is C16H21NO3. The van der Waals surface area contributed by atoms with Gasteiger partial charge in [-0.05, 0) is 31.9 Å². The van der Waals surface area contributed by atoms with E-state index in [1.54, 1.807) is 6.92 Å². The van der Waals surface area contributed by atoms with Gasteiger partial charge in [0.2, 0.25) is 0 Å². The highest BCUT2D eigenvalue weighted by atomic mass is 16.5. The summed E-state index contributed by atoms with van der Waals surface area (Å²) in [5.41, 5.74) is 1.96. The van der Waals surface area contributed by atoms with Gasteiger partial charge in [-0.25, -0.2) is 4.79 Å². The average molecular weight is 275 g/mol. The first-order valence-electron chi connectivity index (χ1n) is 6.82. The fraction of sp³-hybridized carbons (Fsp3) is 0.375.